The Hall–Kier alpha value is -3.81. The van der Waals surface area contributed by atoms with Gasteiger partial charge in [0.1, 0.15) is 11.8 Å². The number of rotatable bonds is 9. The lowest BCUT2D eigenvalue weighted by Crippen LogP contribution is -2.44. The molecule has 3 aromatic rings. The molecule has 0 radical (unpaired) electrons. The summed E-state index contributed by atoms with van der Waals surface area (Å²) in [6, 6.07) is 14.7. The van der Waals surface area contributed by atoms with Crippen LogP contribution in [0.2, 0.25) is 0 Å². The van der Waals surface area contributed by atoms with Crippen LogP contribution in [0.1, 0.15) is 21.9 Å². The van der Waals surface area contributed by atoms with Crippen molar-refractivity contribution in [2.45, 2.75) is 19.0 Å². The second-order valence-electron chi connectivity index (χ2n) is 6.16. The van der Waals surface area contributed by atoms with Crippen molar-refractivity contribution in [3.63, 3.8) is 0 Å². The molecule has 0 aliphatic carbocycles. The number of carbonyl (C=O) groups excluding carboxylic acids is 3. The summed E-state index contributed by atoms with van der Waals surface area (Å²) in [5, 5.41) is 5.17. The molecule has 2 heterocycles. The van der Waals surface area contributed by atoms with Gasteiger partial charge in [0, 0.05) is 6.42 Å². The molecule has 0 aliphatic heterocycles. The Balaban J connectivity index is 1.57. The average molecular weight is 396 g/mol. The monoisotopic (exact) mass is 396 g/mol. The molecule has 2 N–H and O–H groups in total. The standard InChI is InChI=1S/C21H20N2O6/c24-19(22-13-16-8-4-10-27-16)14-29-21(26)17(12-15-6-2-1-3-7-15)23-20(25)18-9-5-11-28-18/h1-11,17H,12-14H2,(H,22,24)(H,23,25). The number of carbonyl (C=O) groups is 3. The van der Waals surface area contributed by atoms with Gasteiger partial charge in [-0.1, -0.05) is 30.3 Å². The molecule has 150 valence electrons. The Labute approximate surface area is 166 Å². The van der Waals surface area contributed by atoms with Gasteiger partial charge >= 0.3 is 5.97 Å². The first-order valence-electron chi connectivity index (χ1n) is 8.96. The zero-order valence-electron chi connectivity index (χ0n) is 15.5. The zero-order valence-corrected chi connectivity index (χ0v) is 15.5. The first-order valence-corrected chi connectivity index (χ1v) is 8.96. The molecule has 3 rings (SSSR count). The fourth-order valence-corrected chi connectivity index (χ4v) is 2.57. The van der Waals surface area contributed by atoms with E-state index in [9.17, 15) is 14.4 Å². The van der Waals surface area contributed by atoms with Crippen molar-refractivity contribution in [1.29, 1.82) is 0 Å². The largest absolute Gasteiger partial charge is 0.467 e. The highest BCUT2D eigenvalue weighted by atomic mass is 16.5. The number of benzene rings is 1. The number of hydrogen-bond acceptors (Lipinski definition) is 6. The zero-order chi connectivity index (χ0) is 20.5. The molecular weight excluding hydrogens is 376 g/mol. The maximum atomic E-state index is 12.5. The van der Waals surface area contributed by atoms with Crippen molar-refractivity contribution >= 4 is 17.8 Å². The first-order chi connectivity index (χ1) is 14.1. The maximum Gasteiger partial charge on any atom is 0.329 e. The van der Waals surface area contributed by atoms with Crippen molar-refractivity contribution in [3.05, 3.63) is 84.2 Å². The van der Waals surface area contributed by atoms with Gasteiger partial charge < -0.3 is 24.2 Å². The topological polar surface area (TPSA) is 111 Å². The molecule has 1 atom stereocenters. The molecule has 0 saturated carbocycles. The Bertz CT molecular complexity index is 920. The van der Waals surface area contributed by atoms with Crippen LogP contribution in [0, 0.1) is 0 Å². The van der Waals surface area contributed by atoms with E-state index in [2.05, 4.69) is 10.6 Å². The number of furan rings is 2. The summed E-state index contributed by atoms with van der Waals surface area (Å²) in [6.45, 7) is -0.284. The van der Waals surface area contributed by atoms with Gasteiger partial charge in [-0.05, 0) is 29.8 Å². The van der Waals surface area contributed by atoms with Crippen LogP contribution in [0.4, 0.5) is 0 Å². The Morgan fingerprint density at radius 1 is 0.931 bits per heavy atom. The molecule has 1 aromatic carbocycles. The van der Waals surface area contributed by atoms with Crippen LogP contribution in [-0.4, -0.2) is 30.4 Å². The summed E-state index contributed by atoms with van der Waals surface area (Å²) < 4.78 is 15.3. The van der Waals surface area contributed by atoms with E-state index < -0.39 is 30.4 Å². The van der Waals surface area contributed by atoms with E-state index in [0.717, 1.165) is 5.56 Å². The van der Waals surface area contributed by atoms with Crippen molar-refractivity contribution in [1.82, 2.24) is 10.6 Å². The quantitative estimate of drug-likeness (QED) is 0.536. The molecule has 0 bridgehead atoms. The van der Waals surface area contributed by atoms with Crippen LogP contribution >= 0.6 is 0 Å². The third-order valence-electron chi connectivity index (χ3n) is 4.00. The van der Waals surface area contributed by atoms with Gasteiger partial charge in [-0.3, -0.25) is 9.59 Å². The molecule has 2 amide bonds. The molecule has 29 heavy (non-hydrogen) atoms. The van der Waals surface area contributed by atoms with Gasteiger partial charge in [-0.15, -0.1) is 0 Å². The minimum absolute atomic E-state index is 0.0760. The van der Waals surface area contributed by atoms with Gasteiger partial charge in [-0.2, -0.15) is 0 Å². The van der Waals surface area contributed by atoms with E-state index in [1.807, 2.05) is 30.3 Å². The highest BCUT2D eigenvalue weighted by Crippen LogP contribution is 2.07. The van der Waals surface area contributed by atoms with Crippen LogP contribution in [0.5, 0.6) is 0 Å². The predicted molar refractivity (Wildman–Crippen MR) is 102 cm³/mol. The average Bonchev–Trinajstić information content (AvgIpc) is 3.45. The number of nitrogens with one attached hydrogen (secondary N) is 2. The van der Waals surface area contributed by atoms with E-state index >= 15 is 0 Å². The Morgan fingerprint density at radius 3 is 2.38 bits per heavy atom. The summed E-state index contributed by atoms with van der Waals surface area (Å²) in [5.74, 6) is -1.09. The molecule has 0 aliphatic rings. The van der Waals surface area contributed by atoms with Crippen molar-refractivity contribution in [2.75, 3.05) is 6.61 Å². The lowest BCUT2D eigenvalue weighted by molar-refractivity contribution is -0.150. The molecule has 2 aromatic heterocycles. The molecular formula is C21H20N2O6. The smallest absolute Gasteiger partial charge is 0.329 e. The number of ether oxygens (including phenoxy) is 1. The summed E-state index contributed by atoms with van der Waals surface area (Å²) in [7, 11) is 0. The molecule has 0 fully saturated rings. The maximum absolute atomic E-state index is 12.5. The minimum atomic E-state index is -0.979. The molecule has 0 saturated heterocycles. The number of esters is 1. The molecule has 8 nitrogen and oxygen atoms in total. The van der Waals surface area contributed by atoms with Gasteiger partial charge in [0.05, 0.1) is 19.1 Å². The molecule has 0 spiro atoms. The number of amides is 2. The van der Waals surface area contributed by atoms with Crippen molar-refractivity contribution in [3.8, 4) is 0 Å². The van der Waals surface area contributed by atoms with Crippen molar-refractivity contribution < 1.29 is 28.0 Å². The molecule has 1 unspecified atom stereocenters. The summed E-state index contributed by atoms with van der Waals surface area (Å²) in [4.78, 5) is 36.7. The fraction of sp³-hybridized carbons (Fsp3) is 0.190. The van der Waals surface area contributed by atoms with Crippen LogP contribution in [0.3, 0.4) is 0 Å². The van der Waals surface area contributed by atoms with Gasteiger partial charge in [-0.25, -0.2) is 4.79 Å². The SMILES string of the molecule is O=C(COC(=O)C(Cc1ccccc1)NC(=O)c1ccco1)NCc1ccco1. The van der Waals surface area contributed by atoms with E-state index in [1.165, 1.54) is 18.6 Å². The second kappa shape index (κ2) is 9.93. The third kappa shape index (κ3) is 6.10. The van der Waals surface area contributed by atoms with Crippen LogP contribution < -0.4 is 10.6 Å². The third-order valence-corrected chi connectivity index (χ3v) is 4.00. The van der Waals surface area contributed by atoms with E-state index in [4.69, 9.17) is 13.6 Å². The number of hydrogen-bond donors (Lipinski definition) is 2. The molecule has 8 heteroatoms. The summed E-state index contributed by atoms with van der Waals surface area (Å²) in [6.07, 6.45) is 3.07. The van der Waals surface area contributed by atoms with Crippen LogP contribution in [-0.2, 0) is 27.3 Å². The summed E-state index contributed by atoms with van der Waals surface area (Å²) in [5.41, 5.74) is 0.830. The van der Waals surface area contributed by atoms with Crippen LogP contribution in [0.25, 0.3) is 0 Å². The second-order valence-corrected chi connectivity index (χ2v) is 6.16. The first kappa shape index (κ1) is 19.9. The Morgan fingerprint density at radius 2 is 1.69 bits per heavy atom. The van der Waals surface area contributed by atoms with Crippen molar-refractivity contribution in [2.24, 2.45) is 0 Å². The lowest BCUT2D eigenvalue weighted by Gasteiger charge is -2.17. The highest BCUT2D eigenvalue weighted by Gasteiger charge is 2.25. The lowest BCUT2D eigenvalue weighted by atomic mass is 10.1. The summed E-state index contributed by atoms with van der Waals surface area (Å²) >= 11 is 0. The Kier molecular flexibility index (Phi) is 6.83. The predicted octanol–water partition coefficient (Wildman–Crippen LogP) is 2.07. The van der Waals surface area contributed by atoms with E-state index in [0.29, 0.717) is 5.76 Å². The minimum Gasteiger partial charge on any atom is -0.467 e. The van der Waals surface area contributed by atoms with Crippen LogP contribution in [0.15, 0.2) is 76.0 Å². The van der Waals surface area contributed by atoms with Gasteiger partial charge in [0.2, 0.25) is 0 Å². The fourth-order valence-electron chi connectivity index (χ4n) is 2.57. The van der Waals surface area contributed by atoms with E-state index in [-0.39, 0.29) is 18.7 Å². The normalized spacial score (nSPS) is 11.4. The highest BCUT2D eigenvalue weighted by molar-refractivity contribution is 5.94. The van der Waals surface area contributed by atoms with Gasteiger partial charge in [0.25, 0.3) is 11.8 Å². The van der Waals surface area contributed by atoms with E-state index in [1.54, 1.807) is 18.2 Å². The van der Waals surface area contributed by atoms with Gasteiger partial charge in [0.15, 0.2) is 12.4 Å².